The van der Waals surface area contributed by atoms with Gasteiger partial charge in [0.2, 0.25) is 0 Å². The van der Waals surface area contributed by atoms with Gasteiger partial charge >= 0.3 is 0 Å². The quantitative estimate of drug-likeness (QED) is 0.835. The van der Waals surface area contributed by atoms with E-state index < -0.39 is 0 Å². The minimum atomic E-state index is -0.351. The first-order chi connectivity index (χ1) is 9.24. The van der Waals surface area contributed by atoms with Crippen LogP contribution >= 0.6 is 0 Å². The topological polar surface area (TPSA) is 62.8 Å². The molecule has 0 saturated heterocycles. The van der Waals surface area contributed by atoms with Crippen molar-refractivity contribution in [1.82, 2.24) is 20.7 Å². The summed E-state index contributed by atoms with van der Waals surface area (Å²) in [5.41, 5.74) is 1.70. The summed E-state index contributed by atoms with van der Waals surface area (Å²) in [6.07, 6.45) is 2.31. The van der Waals surface area contributed by atoms with Crippen molar-refractivity contribution >= 4 is 0 Å². The molecule has 0 aliphatic carbocycles. The van der Waals surface area contributed by atoms with Crippen LogP contribution in [0.3, 0.4) is 0 Å². The van der Waals surface area contributed by atoms with Crippen molar-refractivity contribution in [2.24, 2.45) is 0 Å². The Morgan fingerprint density at radius 3 is 2.89 bits per heavy atom. The molecule has 1 aromatic carbocycles. The van der Waals surface area contributed by atoms with Crippen molar-refractivity contribution in [3.63, 3.8) is 0 Å². The number of halogens is 1. The first-order valence-corrected chi connectivity index (χ1v) is 6.16. The average Bonchev–Trinajstić information content (AvgIpc) is 2.92. The molecule has 2 aromatic rings. The van der Waals surface area contributed by atoms with Gasteiger partial charge < -0.3 is 10.1 Å². The summed E-state index contributed by atoms with van der Waals surface area (Å²) in [5, 5.41) is 13.8. The summed E-state index contributed by atoms with van der Waals surface area (Å²) in [7, 11) is 1.45. The average molecular weight is 264 g/mol. The van der Waals surface area contributed by atoms with Gasteiger partial charge in [0.1, 0.15) is 0 Å². The maximum Gasteiger partial charge on any atom is 0.165 e. The molecule has 1 heterocycles. The van der Waals surface area contributed by atoms with Crippen LogP contribution in [0.15, 0.2) is 24.4 Å². The zero-order valence-electron chi connectivity index (χ0n) is 11.0. The molecule has 1 aromatic heterocycles. The van der Waals surface area contributed by atoms with Crippen LogP contribution in [-0.2, 0) is 6.42 Å². The molecule has 5 nitrogen and oxygen atoms in total. The molecule has 1 unspecified atom stereocenters. The number of aromatic amines is 1. The fraction of sp³-hybridized carbons (Fsp3) is 0.385. The van der Waals surface area contributed by atoms with Gasteiger partial charge in [0.15, 0.2) is 11.6 Å². The molecular weight excluding hydrogens is 247 g/mol. The van der Waals surface area contributed by atoms with Crippen LogP contribution in [0.5, 0.6) is 5.75 Å². The van der Waals surface area contributed by atoms with Gasteiger partial charge in [-0.2, -0.15) is 15.4 Å². The summed E-state index contributed by atoms with van der Waals surface area (Å²) >= 11 is 0. The molecule has 102 valence electrons. The normalized spacial score (nSPS) is 12.4. The third kappa shape index (κ3) is 3.29. The summed E-state index contributed by atoms with van der Waals surface area (Å²) in [5.74, 6) is -0.0967. The smallest absolute Gasteiger partial charge is 0.165 e. The molecule has 6 heteroatoms. The number of methoxy groups -OCH3 is 1. The molecule has 1 atom stereocenters. The van der Waals surface area contributed by atoms with Crippen molar-refractivity contribution in [2.75, 3.05) is 13.7 Å². The predicted octanol–water partition coefficient (Wildman–Crippen LogP) is 1.85. The van der Waals surface area contributed by atoms with Crippen LogP contribution in [0, 0.1) is 5.82 Å². The number of hydrogen-bond donors (Lipinski definition) is 2. The number of aromatic nitrogens is 3. The molecule has 0 radical (unpaired) electrons. The zero-order chi connectivity index (χ0) is 13.7. The number of likely N-dealkylation sites (N-methyl/N-ethyl adjacent to an activating group) is 1. The van der Waals surface area contributed by atoms with E-state index in [1.807, 2.05) is 13.0 Å². The van der Waals surface area contributed by atoms with E-state index in [-0.39, 0.29) is 17.6 Å². The largest absolute Gasteiger partial charge is 0.494 e. The number of rotatable bonds is 6. The van der Waals surface area contributed by atoms with Crippen LogP contribution < -0.4 is 10.1 Å². The Balaban J connectivity index is 2.15. The van der Waals surface area contributed by atoms with E-state index in [0.717, 1.165) is 17.8 Å². The molecule has 2 rings (SSSR count). The van der Waals surface area contributed by atoms with Crippen molar-refractivity contribution in [3.8, 4) is 5.75 Å². The van der Waals surface area contributed by atoms with Crippen molar-refractivity contribution in [1.29, 1.82) is 0 Å². The predicted molar refractivity (Wildman–Crippen MR) is 69.5 cm³/mol. The first kappa shape index (κ1) is 13.5. The zero-order valence-corrected chi connectivity index (χ0v) is 11.0. The lowest BCUT2D eigenvalue weighted by atomic mass is 10.0. The second-order valence-corrected chi connectivity index (χ2v) is 4.18. The molecule has 0 fully saturated rings. The Kier molecular flexibility index (Phi) is 4.46. The van der Waals surface area contributed by atoms with Gasteiger partial charge in [-0.25, -0.2) is 4.39 Å². The summed E-state index contributed by atoms with van der Waals surface area (Å²) in [4.78, 5) is 0. The molecule has 0 spiro atoms. The number of ether oxygens (including phenoxy) is 1. The number of H-pyrrole nitrogens is 1. The van der Waals surface area contributed by atoms with E-state index in [9.17, 15) is 4.39 Å². The van der Waals surface area contributed by atoms with Crippen molar-refractivity contribution in [2.45, 2.75) is 19.4 Å². The highest BCUT2D eigenvalue weighted by atomic mass is 19.1. The van der Waals surface area contributed by atoms with Crippen LogP contribution in [0.2, 0.25) is 0 Å². The van der Waals surface area contributed by atoms with Crippen LogP contribution in [-0.4, -0.2) is 29.1 Å². The van der Waals surface area contributed by atoms with Gasteiger partial charge in [-0.1, -0.05) is 13.0 Å². The Morgan fingerprint density at radius 1 is 1.47 bits per heavy atom. The second kappa shape index (κ2) is 6.29. The van der Waals surface area contributed by atoms with E-state index in [4.69, 9.17) is 4.74 Å². The standard InChI is InChI=1S/C13H17FN4O/c1-3-15-11(12-8-16-18-17-12)7-9-4-5-13(19-2)10(14)6-9/h4-6,8,11,15H,3,7H2,1-2H3,(H,16,17,18). The highest BCUT2D eigenvalue weighted by Crippen LogP contribution is 2.21. The third-order valence-corrected chi connectivity index (χ3v) is 2.90. The van der Waals surface area contributed by atoms with Crippen molar-refractivity contribution < 1.29 is 9.13 Å². The van der Waals surface area contributed by atoms with E-state index in [2.05, 4.69) is 20.7 Å². The van der Waals surface area contributed by atoms with E-state index in [1.54, 1.807) is 12.3 Å². The number of benzene rings is 1. The molecule has 0 aliphatic heterocycles. The lowest BCUT2D eigenvalue weighted by Gasteiger charge is -2.15. The van der Waals surface area contributed by atoms with Gasteiger partial charge in [0.25, 0.3) is 0 Å². The van der Waals surface area contributed by atoms with Gasteiger partial charge in [-0.3, -0.25) is 0 Å². The Labute approximate surface area is 111 Å². The minimum absolute atomic E-state index is 0.0107. The molecular formula is C13H17FN4O. The Bertz CT molecular complexity index is 515. The molecule has 0 saturated carbocycles. The fourth-order valence-corrected chi connectivity index (χ4v) is 1.98. The van der Waals surface area contributed by atoms with E-state index in [1.165, 1.54) is 13.2 Å². The molecule has 0 amide bonds. The summed E-state index contributed by atoms with van der Waals surface area (Å²) < 4.78 is 18.6. The van der Waals surface area contributed by atoms with Gasteiger partial charge in [-0.05, 0) is 30.7 Å². The van der Waals surface area contributed by atoms with E-state index in [0.29, 0.717) is 6.42 Å². The number of hydrogen-bond acceptors (Lipinski definition) is 4. The highest BCUT2D eigenvalue weighted by Gasteiger charge is 2.15. The maximum atomic E-state index is 13.6. The summed E-state index contributed by atoms with van der Waals surface area (Å²) in [6, 6.07) is 4.99. The highest BCUT2D eigenvalue weighted by molar-refractivity contribution is 5.30. The summed E-state index contributed by atoms with van der Waals surface area (Å²) in [6.45, 7) is 2.82. The third-order valence-electron chi connectivity index (χ3n) is 2.90. The fourth-order valence-electron chi connectivity index (χ4n) is 1.98. The molecule has 0 aliphatic rings. The number of nitrogens with zero attached hydrogens (tertiary/aromatic N) is 2. The van der Waals surface area contributed by atoms with Crippen LogP contribution in [0.1, 0.15) is 24.2 Å². The maximum absolute atomic E-state index is 13.6. The molecule has 19 heavy (non-hydrogen) atoms. The monoisotopic (exact) mass is 264 g/mol. The Morgan fingerprint density at radius 2 is 2.32 bits per heavy atom. The molecule has 0 bridgehead atoms. The minimum Gasteiger partial charge on any atom is -0.494 e. The van der Waals surface area contributed by atoms with Crippen molar-refractivity contribution in [3.05, 3.63) is 41.5 Å². The van der Waals surface area contributed by atoms with Crippen LogP contribution in [0.4, 0.5) is 4.39 Å². The molecule has 2 N–H and O–H groups in total. The second-order valence-electron chi connectivity index (χ2n) is 4.18. The van der Waals surface area contributed by atoms with Crippen LogP contribution in [0.25, 0.3) is 0 Å². The van der Waals surface area contributed by atoms with E-state index >= 15 is 0 Å². The lowest BCUT2D eigenvalue weighted by molar-refractivity contribution is 0.386. The lowest BCUT2D eigenvalue weighted by Crippen LogP contribution is -2.23. The first-order valence-electron chi connectivity index (χ1n) is 6.16. The SMILES string of the molecule is CCNC(Cc1ccc(OC)c(F)c1)c1cn[nH]n1. The van der Waals surface area contributed by atoms with Gasteiger partial charge in [-0.15, -0.1) is 0 Å². The Hall–Kier alpha value is -1.95. The number of nitrogens with one attached hydrogen (secondary N) is 2. The van der Waals surface area contributed by atoms with Gasteiger partial charge in [0, 0.05) is 0 Å². The van der Waals surface area contributed by atoms with Gasteiger partial charge in [0.05, 0.1) is 25.0 Å².